The quantitative estimate of drug-likeness (QED) is 0.896. The fourth-order valence-corrected chi connectivity index (χ4v) is 4.63. The maximum absolute atomic E-state index is 11.4. The average Bonchev–Trinajstić information content (AvgIpc) is 3.21. The van der Waals surface area contributed by atoms with Crippen LogP contribution in [0.2, 0.25) is 0 Å². The van der Waals surface area contributed by atoms with Crippen molar-refractivity contribution in [1.29, 1.82) is 0 Å². The Morgan fingerprint density at radius 1 is 1.04 bits per heavy atom. The number of likely N-dealkylation sites (tertiary alicyclic amines) is 1. The van der Waals surface area contributed by atoms with Crippen LogP contribution in [0.4, 0.5) is 0 Å². The van der Waals surface area contributed by atoms with Crippen molar-refractivity contribution >= 4 is 0 Å². The molecule has 0 aliphatic carbocycles. The molecule has 0 bridgehead atoms. The van der Waals surface area contributed by atoms with Crippen LogP contribution in [0, 0.1) is 5.92 Å². The number of aliphatic hydroxyl groups excluding tert-OH is 1. The molecule has 4 nitrogen and oxygen atoms in total. The van der Waals surface area contributed by atoms with E-state index in [1.807, 2.05) is 36.4 Å². The van der Waals surface area contributed by atoms with Gasteiger partial charge >= 0.3 is 0 Å². The first kappa shape index (κ1) is 18.6. The Morgan fingerprint density at radius 2 is 1.67 bits per heavy atom. The Labute approximate surface area is 162 Å². The Hall–Kier alpha value is -1.72. The van der Waals surface area contributed by atoms with Crippen molar-refractivity contribution in [3.8, 4) is 0 Å². The molecule has 0 aromatic heterocycles. The van der Waals surface area contributed by atoms with Crippen LogP contribution in [-0.4, -0.2) is 45.8 Å². The third-order valence-corrected chi connectivity index (χ3v) is 5.78. The van der Waals surface area contributed by atoms with Gasteiger partial charge in [0.25, 0.3) is 0 Å². The molecule has 2 aromatic rings. The van der Waals surface area contributed by atoms with Crippen LogP contribution in [0.15, 0.2) is 60.7 Å². The Morgan fingerprint density at radius 3 is 2.30 bits per heavy atom. The molecule has 4 heteroatoms. The highest BCUT2D eigenvalue weighted by Gasteiger charge is 2.54. The summed E-state index contributed by atoms with van der Waals surface area (Å²) in [6, 6.07) is 20.8. The minimum Gasteiger partial charge on any atom is -0.387 e. The van der Waals surface area contributed by atoms with Crippen molar-refractivity contribution in [3.05, 3.63) is 71.8 Å². The van der Waals surface area contributed by atoms with E-state index in [-0.39, 0.29) is 17.6 Å². The zero-order valence-electron chi connectivity index (χ0n) is 16.5. The zero-order valence-corrected chi connectivity index (χ0v) is 16.5. The summed E-state index contributed by atoms with van der Waals surface area (Å²) >= 11 is 0. The lowest BCUT2D eigenvalue weighted by Crippen LogP contribution is -2.52. The van der Waals surface area contributed by atoms with Crippen LogP contribution in [-0.2, 0) is 11.4 Å². The molecule has 2 aliphatic rings. The van der Waals surface area contributed by atoms with Crippen molar-refractivity contribution in [1.82, 2.24) is 9.96 Å². The normalized spacial score (nSPS) is 27.6. The smallest absolute Gasteiger partial charge is 0.0961 e. The van der Waals surface area contributed by atoms with E-state index in [1.165, 1.54) is 5.56 Å². The highest BCUT2D eigenvalue weighted by molar-refractivity contribution is 5.23. The van der Waals surface area contributed by atoms with Crippen molar-refractivity contribution in [2.24, 2.45) is 5.92 Å². The molecule has 0 unspecified atom stereocenters. The lowest BCUT2D eigenvalue weighted by Gasteiger charge is -2.40. The summed E-state index contributed by atoms with van der Waals surface area (Å²) in [6.07, 6.45) is -0.545. The summed E-state index contributed by atoms with van der Waals surface area (Å²) in [7, 11) is 0. The number of nitrogens with zero attached hydrogens (tertiary/aromatic N) is 2. The van der Waals surface area contributed by atoms with Crippen LogP contribution in [0.5, 0.6) is 0 Å². The van der Waals surface area contributed by atoms with Gasteiger partial charge in [0.15, 0.2) is 0 Å². The molecule has 2 aliphatic heterocycles. The fourth-order valence-electron chi connectivity index (χ4n) is 4.63. The minimum absolute atomic E-state index is 0.000619. The number of fused-ring (bicyclic) bond motifs is 1. The zero-order chi connectivity index (χ0) is 19.0. The van der Waals surface area contributed by atoms with Crippen LogP contribution < -0.4 is 0 Å². The maximum atomic E-state index is 11.4. The van der Waals surface area contributed by atoms with Crippen molar-refractivity contribution in [2.45, 2.75) is 51.0 Å². The van der Waals surface area contributed by atoms with E-state index in [9.17, 15) is 5.11 Å². The molecule has 144 valence electrons. The van der Waals surface area contributed by atoms with Gasteiger partial charge in [-0.25, -0.2) is 0 Å². The van der Waals surface area contributed by atoms with E-state index in [4.69, 9.17) is 4.84 Å². The summed E-state index contributed by atoms with van der Waals surface area (Å²) in [6.45, 7) is 9.07. The molecule has 2 heterocycles. The highest BCUT2D eigenvalue weighted by atomic mass is 16.7. The van der Waals surface area contributed by atoms with Crippen molar-refractivity contribution < 1.29 is 9.94 Å². The second kappa shape index (κ2) is 7.36. The summed E-state index contributed by atoms with van der Waals surface area (Å²) in [4.78, 5) is 8.54. The van der Waals surface area contributed by atoms with Gasteiger partial charge in [-0.3, -0.25) is 9.74 Å². The van der Waals surface area contributed by atoms with Gasteiger partial charge in [0.2, 0.25) is 0 Å². The lowest BCUT2D eigenvalue weighted by atomic mass is 9.90. The predicted octanol–water partition coefficient (Wildman–Crippen LogP) is 3.63. The Bertz CT molecular complexity index is 744. The van der Waals surface area contributed by atoms with Gasteiger partial charge in [0, 0.05) is 24.5 Å². The molecule has 1 N–H and O–H groups in total. The second-order valence-electron chi connectivity index (χ2n) is 8.80. The molecule has 0 radical (unpaired) electrons. The van der Waals surface area contributed by atoms with Crippen molar-refractivity contribution in [3.63, 3.8) is 0 Å². The standard InChI is InChI=1S/C23H30N2O2/c1-23(2,3)25-20-19(16-27-25)15-24(14-17-10-6-4-7-11-17)21(20)22(26)18-12-8-5-9-13-18/h4-13,19-22,26H,14-16H2,1-3H3/t19-,20+,21+,22+/m1/s1. The third-order valence-electron chi connectivity index (χ3n) is 5.78. The number of aliphatic hydroxyl groups is 1. The number of hydroxylamine groups is 2. The molecule has 2 aromatic carbocycles. The Balaban J connectivity index is 1.67. The maximum Gasteiger partial charge on any atom is 0.0961 e. The summed E-state index contributed by atoms with van der Waals surface area (Å²) in [5.41, 5.74) is 2.16. The van der Waals surface area contributed by atoms with E-state index in [0.717, 1.165) is 25.3 Å². The van der Waals surface area contributed by atoms with Crippen LogP contribution in [0.3, 0.4) is 0 Å². The summed E-state index contributed by atoms with van der Waals surface area (Å²) in [5, 5.41) is 13.5. The van der Waals surface area contributed by atoms with E-state index < -0.39 is 6.10 Å². The van der Waals surface area contributed by atoms with E-state index >= 15 is 0 Å². The molecular weight excluding hydrogens is 336 g/mol. The van der Waals surface area contributed by atoms with Crippen LogP contribution >= 0.6 is 0 Å². The van der Waals surface area contributed by atoms with Gasteiger partial charge in [0.05, 0.1) is 24.8 Å². The number of hydrogen-bond donors (Lipinski definition) is 1. The second-order valence-corrected chi connectivity index (χ2v) is 8.80. The number of benzene rings is 2. The first-order valence-electron chi connectivity index (χ1n) is 9.88. The molecule has 4 rings (SSSR count). The first-order chi connectivity index (χ1) is 12.9. The lowest BCUT2D eigenvalue weighted by molar-refractivity contribution is -0.202. The number of hydrogen-bond acceptors (Lipinski definition) is 4. The molecule has 0 spiro atoms. The molecular formula is C23H30N2O2. The first-order valence-corrected chi connectivity index (χ1v) is 9.88. The minimum atomic E-state index is -0.545. The average molecular weight is 367 g/mol. The molecule has 0 amide bonds. The van der Waals surface area contributed by atoms with Gasteiger partial charge in [0.1, 0.15) is 0 Å². The fraction of sp³-hybridized carbons (Fsp3) is 0.478. The van der Waals surface area contributed by atoms with Crippen molar-refractivity contribution in [2.75, 3.05) is 13.2 Å². The van der Waals surface area contributed by atoms with Gasteiger partial charge < -0.3 is 5.11 Å². The highest BCUT2D eigenvalue weighted by Crippen LogP contribution is 2.43. The van der Waals surface area contributed by atoms with Gasteiger partial charge in [-0.15, -0.1) is 0 Å². The SMILES string of the molecule is CC(C)(C)N1OC[C@H]2CN(Cc3ccccc3)[C@H]([C@@H](O)c3ccccc3)[C@H]21. The topological polar surface area (TPSA) is 35.9 Å². The van der Waals surface area contributed by atoms with Gasteiger partial charge in [-0.1, -0.05) is 60.7 Å². The molecule has 27 heavy (non-hydrogen) atoms. The van der Waals surface area contributed by atoms with Gasteiger partial charge in [-0.2, -0.15) is 5.06 Å². The van der Waals surface area contributed by atoms with Crippen LogP contribution in [0.25, 0.3) is 0 Å². The monoisotopic (exact) mass is 366 g/mol. The third kappa shape index (κ3) is 3.67. The summed E-state index contributed by atoms with van der Waals surface area (Å²) < 4.78 is 0. The van der Waals surface area contributed by atoms with E-state index in [1.54, 1.807) is 0 Å². The molecule has 0 saturated carbocycles. The largest absolute Gasteiger partial charge is 0.387 e. The summed E-state index contributed by atoms with van der Waals surface area (Å²) in [5.74, 6) is 0.413. The number of rotatable bonds is 4. The van der Waals surface area contributed by atoms with Crippen LogP contribution in [0.1, 0.15) is 38.0 Å². The van der Waals surface area contributed by atoms with E-state index in [0.29, 0.717) is 5.92 Å². The predicted molar refractivity (Wildman–Crippen MR) is 107 cm³/mol. The van der Waals surface area contributed by atoms with Gasteiger partial charge in [-0.05, 0) is 31.9 Å². The Kier molecular flexibility index (Phi) is 5.08. The van der Waals surface area contributed by atoms with E-state index in [2.05, 4.69) is 55.0 Å². The molecule has 4 atom stereocenters. The molecule has 2 fully saturated rings. The molecule has 2 saturated heterocycles.